The Morgan fingerprint density at radius 2 is 0.859 bits per heavy atom. The van der Waals surface area contributed by atoms with Crippen molar-refractivity contribution in [2.24, 2.45) is 35.0 Å². The number of methoxy groups -OCH3 is 4. The monoisotopic (exact) mass is 1880 g/mol. The predicted octanol–water partition coefficient (Wildman–Crippen LogP) is 21.4. The van der Waals surface area contributed by atoms with Crippen molar-refractivity contribution in [3.05, 3.63) is 327 Å². The van der Waals surface area contributed by atoms with Crippen LogP contribution in [0.15, 0.2) is 237 Å². The van der Waals surface area contributed by atoms with Crippen molar-refractivity contribution in [3.8, 4) is 0 Å². The number of carbonyl (C=O) groups excluding carboxylic acids is 4. The number of ether oxygens (including phenoxy) is 8. The summed E-state index contributed by atoms with van der Waals surface area (Å²) in [5.41, 5.74) is 27.1. The second-order valence-corrected chi connectivity index (χ2v) is 35.3. The minimum atomic E-state index is -1.00. The average molecular weight is 1890 g/mol. The Morgan fingerprint density at radius 1 is 0.531 bits per heavy atom. The Bertz CT molecular complexity index is 4370. The molecule has 23 heteroatoms. The molecule has 2 saturated heterocycles. The van der Waals surface area contributed by atoms with Crippen LogP contribution in [0.1, 0.15) is 234 Å². The summed E-state index contributed by atoms with van der Waals surface area (Å²) >= 11 is 18.0. The molecule has 688 valence electrons. The van der Waals surface area contributed by atoms with Crippen LogP contribution in [0.2, 0.25) is 0 Å². The smallest absolute Gasteiger partial charge is 0.471 e. The van der Waals surface area contributed by atoms with Gasteiger partial charge in [0.25, 0.3) is 5.97 Å². The van der Waals surface area contributed by atoms with Crippen LogP contribution in [-0.4, -0.2) is 94.7 Å². The largest absolute Gasteiger partial charge is 1.00 e. The molecule has 0 spiro atoms. The number of hydrogen-bond donors (Lipinski definition) is 1. The number of benzene rings is 8. The maximum atomic E-state index is 12.8. The maximum Gasteiger partial charge on any atom is 1.00 e. The third-order valence-electron chi connectivity index (χ3n) is 22.9. The molecule has 16 nitrogen and oxygen atoms in total. The van der Waals surface area contributed by atoms with E-state index in [4.69, 9.17) is 80.4 Å². The van der Waals surface area contributed by atoms with Crippen molar-refractivity contribution < 1.29 is 116 Å². The van der Waals surface area contributed by atoms with Gasteiger partial charge in [-0.05, 0) is 174 Å². The Labute approximate surface area is 824 Å². The van der Waals surface area contributed by atoms with Crippen molar-refractivity contribution in [1.82, 2.24) is 0 Å². The van der Waals surface area contributed by atoms with Crippen LogP contribution >= 0.6 is 50.7 Å². The van der Waals surface area contributed by atoms with E-state index >= 15 is 0 Å². The summed E-state index contributed by atoms with van der Waals surface area (Å²) < 4.78 is 57.6. The third-order valence-corrected chi connectivity index (χ3v) is 23.5. The zero-order valence-corrected chi connectivity index (χ0v) is 84.5. The molecule has 128 heavy (non-hydrogen) atoms. The fourth-order valence-electron chi connectivity index (χ4n) is 16.0. The fourth-order valence-corrected chi connectivity index (χ4v) is 16.3. The molecule has 2 fully saturated rings. The zero-order valence-electron chi connectivity index (χ0n) is 79.7. The van der Waals surface area contributed by atoms with Gasteiger partial charge in [-0.2, -0.15) is 0 Å². The van der Waals surface area contributed by atoms with Crippen molar-refractivity contribution in [2.45, 2.75) is 224 Å². The Balaban J connectivity index is 0.000000811. The number of carbonyl (C=O) groups is 4. The number of aliphatic hydroxyl groups is 1. The van der Waals surface area contributed by atoms with E-state index in [0.717, 1.165) is 135 Å². The van der Waals surface area contributed by atoms with Gasteiger partial charge in [0.2, 0.25) is 0 Å². The first-order chi connectivity index (χ1) is 60.8. The fraction of sp³-hybridized carbons (Fsp3) is 0.457. The van der Waals surface area contributed by atoms with E-state index in [0.29, 0.717) is 49.4 Å². The second-order valence-electron chi connectivity index (χ2n) is 32.7. The van der Waals surface area contributed by atoms with Crippen LogP contribution in [0.3, 0.4) is 0 Å². The van der Waals surface area contributed by atoms with Gasteiger partial charge in [-0.25, -0.2) is 4.79 Å². The van der Waals surface area contributed by atoms with Crippen LogP contribution in [0.5, 0.6) is 0 Å². The van der Waals surface area contributed by atoms with E-state index in [9.17, 15) is 28.7 Å². The van der Waals surface area contributed by atoms with Crippen molar-refractivity contribution in [2.75, 3.05) is 48.8 Å². The minimum absolute atomic E-state index is 0. The summed E-state index contributed by atoms with van der Waals surface area (Å²) in [5.74, 6) is 0.142. The molecule has 8 aromatic rings. The molecule has 1 N–H and O–H groups in total. The van der Waals surface area contributed by atoms with E-state index in [1.165, 1.54) is 73.2 Å². The van der Waals surface area contributed by atoms with Gasteiger partial charge in [0, 0.05) is 40.4 Å². The average Bonchev–Trinajstić information content (AvgIpc) is 0.816. The van der Waals surface area contributed by atoms with Crippen LogP contribution in [-0.2, 0) is 98.5 Å². The van der Waals surface area contributed by atoms with Gasteiger partial charge in [-0.15, -0.1) is 0 Å². The van der Waals surface area contributed by atoms with Crippen molar-refractivity contribution in [1.29, 1.82) is 0 Å². The van der Waals surface area contributed by atoms with E-state index < -0.39 is 22.3 Å². The Kier molecular flexibility index (Phi) is 60.1. The van der Waals surface area contributed by atoms with Gasteiger partial charge >= 0.3 is 66.3 Å². The molecule has 0 aliphatic carbocycles. The van der Waals surface area contributed by atoms with Crippen molar-refractivity contribution >= 4 is 80.2 Å². The molecule has 0 bridgehead atoms. The van der Waals surface area contributed by atoms with E-state index in [-0.39, 0.29) is 114 Å². The topological polar surface area (TPSA) is 221 Å². The quantitative estimate of drug-likeness (QED) is 0.00450. The SMILES string of the molecule is C=C(C)C(=O)OC.C=C(c1ccccc1)c1cccc(COC2CCCCO2)c1.CCC(C)CC(CC(C)C(=O)OC)(c1ccccc1)c1cccc(CBr)c1.CCC(C)CC(CC(C)C(=O)OC)(c1ccccc1)c1cccc(CO)c1.ClC(Cl)Cl.[2H]CF.[CH2-]C(C)(CC(CC(C)CC)(c1ccccc1)c1cccc(COC2CCCCO2)c1)C(=O)OC.[Li+].[N-]=[N+]=[N-].[Na+]. The first kappa shape index (κ1) is 117. The molecule has 2 heterocycles. The molecule has 0 radical (unpaired) electrons. The van der Waals surface area contributed by atoms with Crippen molar-refractivity contribution in [3.63, 3.8) is 0 Å². The van der Waals surface area contributed by atoms with Gasteiger partial charge in [-0.3, -0.25) is 23.7 Å². The predicted molar refractivity (Wildman–Crippen MR) is 517 cm³/mol. The maximum absolute atomic E-state index is 12.8. The third kappa shape index (κ3) is 40.7. The van der Waals surface area contributed by atoms with Gasteiger partial charge in [0.1, 0.15) is 0 Å². The van der Waals surface area contributed by atoms with Gasteiger partial charge in [-0.1, -0.05) is 370 Å². The first-order valence-corrected chi connectivity index (χ1v) is 45.7. The number of esters is 4. The van der Waals surface area contributed by atoms with E-state index in [1.807, 2.05) is 63.2 Å². The second kappa shape index (κ2) is 65.6. The zero-order chi connectivity index (χ0) is 94.4. The normalized spacial score (nSPS) is 16.1. The minimum Gasteiger partial charge on any atom is -0.471 e. The summed E-state index contributed by atoms with van der Waals surface area (Å²) in [7, 11) is 4.69. The van der Waals surface area contributed by atoms with Crippen LogP contribution < -0.4 is 48.4 Å². The molecule has 0 aromatic heterocycles. The Morgan fingerprint density at radius 3 is 1.20 bits per heavy atom. The molecular weight excluding hydrogens is 1750 g/mol. The molecule has 11 atom stereocenters. The molecule has 0 saturated carbocycles. The number of aliphatic hydroxyl groups excluding tert-OH is 1. The molecule has 2 aliphatic heterocycles. The summed E-state index contributed by atoms with van der Waals surface area (Å²) in [5, 5.41) is 10.5. The number of halogens is 5. The molecule has 10 rings (SSSR count). The summed E-state index contributed by atoms with van der Waals surface area (Å²) in [6.45, 7) is 35.5. The number of hydrogen-bond acceptors (Lipinski definition) is 13. The van der Waals surface area contributed by atoms with Crippen LogP contribution in [0.4, 0.5) is 4.39 Å². The first-order valence-electron chi connectivity index (χ1n) is 44.0. The summed E-state index contributed by atoms with van der Waals surface area (Å²) in [6, 6.07) is 75.8. The molecule has 8 aromatic carbocycles. The van der Waals surface area contributed by atoms with Crippen LogP contribution in [0, 0.1) is 41.9 Å². The number of rotatable bonds is 35. The van der Waals surface area contributed by atoms with Crippen LogP contribution in [0.25, 0.3) is 21.5 Å². The standard InChI is InChI=1S/C30H41O4.C24H31BrO2.C24H32O3.C20H22O2.C5H8O2.CHCl3.CH3F.Li.N3.Na/c1-6-23(2)20-30(25-14-8-7-9-15-25,22-29(3,4)28(31)32-5)26-16-12-13-24(19-26)21-34-27-17-10-11-18-33-27;2*1-5-18(2)15-24(16-19(3)23(26)27-4,21-11-7-6-8-12-21)22-13-9-10-20(14-22)17-25;1-16(18-9-3-2-4-10-18)19-11-7-8-17(14-19)15-22-20-12-5-6-13-21-20;1-4(2)5(6)7-3;2-1(3)4;1-2;;1-3-2;/h7-9,12-16,19,23,27H,3,6,10-11,17-18,20-22H2,1-2,4-5H3;6-14,18-19H,5,15-17H2,1-4H3;6-14,18-19,25H,5,15-17H2,1-4H3;2-4,7-11,14,20H,1,5-6,12-13,15H2;1H2,2-3H3;1H;1H3;;;/q-1;;;;;;;+1;-1;+1/i;;;;;;1D;;;. The van der Waals surface area contributed by atoms with E-state index in [1.54, 1.807) is 6.92 Å². The summed E-state index contributed by atoms with van der Waals surface area (Å²) in [4.78, 5) is 49.0. The Hall–Kier alpha value is -6.89. The molecule has 0 amide bonds. The molecule has 2 aliphatic rings. The van der Waals surface area contributed by atoms with Gasteiger partial charge in [0.05, 0.1) is 68.6 Å². The molecular formula is C105H138BrCl3FLiN3NaO13. The summed E-state index contributed by atoms with van der Waals surface area (Å²) in [6.07, 6.45) is 14.4. The number of nitrogens with zero attached hydrogens (tertiary/aromatic N) is 3. The van der Waals surface area contributed by atoms with Gasteiger partial charge in [0.15, 0.2) is 16.9 Å². The molecule has 11 unspecified atom stereocenters. The number of alkyl halides is 5. The van der Waals surface area contributed by atoms with Gasteiger partial charge < -0.3 is 61.0 Å². The van der Waals surface area contributed by atoms with E-state index in [2.05, 4.69) is 258 Å².